The predicted molar refractivity (Wildman–Crippen MR) is 95.1 cm³/mol. The molecule has 24 heavy (non-hydrogen) atoms. The fourth-order valence-corrected chi connectivity index (χ4v) is 3.20. The van der Waals surface area contributed by atoms with Gasteiger partial charge in [0.25, 0.3) is 0 Å². The number of carbonyl (C=O) groups excluding carboxylic acids is 2. The number of methoxy groups -OCH3 is 1. The number of hydrogen-bond acceptors (Lipinski definition) is 4. The number of ether oxygens (including phenoxy) is 1. The largest absolute Gasteiger partial charge is 0.497 e. The lowest BCUT2D eigenvalue weighted by Gasteiger charge is -2.35. The number of carbonyl (C=O) groups is 2. The molecule has 1 aromatic carbocycles. The van der Waals surface area contributed by atoms with Gasteiger partial charge in [-0.15, -0.1) is 0 Å². The fourth-order valence-electron chi connectivity index (χ4n) is 2.81. The van der Waals surface area contributed by atoms with E-state index in [1.165, 1.54) is 0 Å². The van der Waals surface area contributed by atoms with Crippen molar-refractivity contribution in [2.45, 2.75) is 12.8 Å². The molecule has 0 aromatic heterocycles. The van der Waals surface area contributed by atoms with Gasteiger partial charge in [0.05, 0.1) is 19.3 Å². The van der Waals surface area contributed by atoms with E-state index in [0.717, 1.165) is 28.8 Å². The van der Waals surface area contributed by atoms with E-state index in [1.807, 2.05) is 28.0 Å². The van der Waals surface area contributed by atoms with Crippen LogP contribution in [0.25, 0.3) is 0 Å². The minimum atomic E-state index is 0.0447. The SMILES string of the molecule is COc1ccc(Br)c(NCC(=O)N2CCN(C(=O)C3CC3)CC2)c1. The van der Waals surface area contributed by atoms with Crippen LogP contribution in [0.1, 0.15) is 12.8 Å². The van der Waals surface area contributed by atoms with E-state index in [0.29, 0.717) is 26.2 Å². The van der Waals surface area contributed by atoms with Crippen LogP contribution in [-0.4, -0.2) is 61.4 Å². The van der Waals surface area contributed by atoms with Crippen molar-refractivity contribution < 1.29 is 14.3 Å². The number of anilines is 1. The van der Waals surface area contributed by atoms with Crippen molar-refractivity contribution >= 4 is 33.4 Å². The number of rotatable bonds is 5. The second-order valence-corrected chi connectivity index (χ2v) is 7.03. The van der Waals surface area contributed by atoms with Crippen LogP contribution >= 0.6 is 15.9 Å². The minimum absolute atomic E-state index is 0.0447. The summed E-state index contributed by atoms with van der Waals surface area (Å²) in [4.78, 5) is 28.1. The van der Waals surface area contributed by atoms with Crippen molar-refractivity contribution in [2.24, 2.45) is 5.92 Å². The average Bonchev–Trinajstić information content (AvgIpc) is 3.45. The van der Waals surface area contributed by atoms with Crippen LogP contribution in [0, 0.1) is 5.92 Å². The normalized spacial score (nSPS) is 17.6. The zero-order valence-electron chi connectivity index (χ0n) is 13.8. The van der Waals surface area contributed by atoms with Crippen LogP contribution in [0.15, 0.2) is 22.7 Å². The number of halogens is 1. The number of benzene rings is 1. The summed E-state index contributed by atoms with van der Waals surface area (Å²) in [7, 11) is 1.61. The third kappa shape index (κ3) is 4.01. The molecule has 1 saturated heterocycles. The molecule has 1 N–H and O–H groups in total. The second kappa shape index (κ2) is 7.42. The summed E-state index contributed by atoms with van der Waals surface area (Å²) in [5, 5.41) is 3.15. The maximum absolute atomic E-state index is 12.4. The van der Waals surface area contributed by atoms with Crippen molar-refractivity contribution in [1.29, 1.82) is 0 Å². The minimum Gasteiger partial charge on any atom is -0.497 e. The first-order chi connectivity index (χ1) is 11.6. The van der Waals surface area contributed by atoms with Gasteiger partial charge < -0.3 is 19.9 Å². The molecular weight excluding hydrogens is 374 g/mol. The van der Waals surface area contributed by atoms with Gasteiger partial charge >= 0.3 is 0 Å². The smallest absolute Gasteiger partial charge is 0.241 e. The summed E-state index contributed by atoms with van der Waals surface area (Å²) in [6.45, 7) is 2.73. The predicted octanol–water partition coefficient (Wildman–Crippen LogP) is 1.95. The summed E-state index contributed by atoms with van der Waals surface area (Å²) in [6.07, 6.45) is 2.05. The molecule has 2 aliphatic rings. The van der Waals surface area contributed by atoms with Gasteiger partial charge in [0.15, 0.2) is 0 Å². The monoisotopic (exact) mass is 395 g/mol. The van der Waals surface area contributed by atoms with E-state index < -0.39 is 0 Å². The summed E-state index contributed by atoms with van der Waals surface area (Å²) in [6, 6.07) is 5.59. The lowest BCUT2D eigenvalue weighted by molar-refractivity contribution is -0.139. The van der Waals surface area contributed by atoms with Gasteiger partial charge in [-0.05, 0) is 40.9 Å². The average molecular weight is 396 g/mol. The van der Waals surface area contributed by atoms with Crippen LogP contribution in [0.3, 0.4) is 0 Å². The van der Waals surface area contributed by atoms with Crippen LogP contribution in [0.2, 0.25) is 0 Å². The quantitative estimate of drug-likeness (QED) is 0.827. The first kappa shape index (κ1) is 17.1. The van der Waals surface area contributed by atoms with Crippen LogP contribution in [-0.2, 0) is 9.59 Å². The highest BCUT2D eigenvalue weighted by atomic mass is 79.9. The van der Waals surface area contributed by atoms with Gasteiger partial charge in [0.1, 0.15) is 5.75 Å². The molecular formula is C17H22BrN3O3. The summed E-state index contributed by atoms with van der Waals surface area (Å²) < 4.78 is 6.08. The Morgan fingerprint density at radius 1 is 1.21 bits per heavy atom. The molecule has 2 amide bonds. The summed E-state index contributed by atoms with van der Waals surface area (Å²) in [5.41, 5.74) is 0.824. The Labute approximate surface area is 150 Å². The van der Waals surface area contributed by atoms with Crippen molar-refractivity contribution in [3.8, 4) is 5.75 Å². The van der Waals surface area contributed by atoms with Crippen LogP contribution in [0.5, 0.6) is 5.75 Å². The first-order valence-electron chi connectivity index (χ1n) is 8.22. The van der Waals surface area contributed by atoms with Gasteiger partial charge in [-0.2, -0.15) is 0 Å². The van der Waals surface area contributed by atoms with E-state index in [9.17, 15) is 9.59 Å². The molecule has 130 valence electrons. The topological polar surface area (TPSA) is 61.9 Å². The highest BCUT2D eigenvalue weighted by Gasteiger charge is 2.35. The van der Waals surface area contributed by atoms with Gasteiger partial charge in [0, 0.05) is 42.6 Å². The Hall–Kier alpha value is -1.76. The van der Waals surface area contributed by atoms with Gasteiger partial charge in [-0.25, -0.2) is 0 Å². The van der Waals surface area contributed by atoms with Crippen molar-refractivity contribution in [1.82, 2.24) is 9.80 Å². The fraction of sp³-hybridized carbons (Fsp3) is 0.529. The third-order valence-electron chi connectivity index (χ3n) is 4.47. The van der Waals surface area contributed by atoms with E-state index in [2.05, 4.69) is 21.2 Å². The zero-order valence-corrected chi connectivity index (χ0v) is 15.3. The van der Waals surface area contributed by atoms with Gasteiger partial charge in [0.2, 0.25) is 11.8 Å². The molecule has 3 rings (SSSR count). The molecule has 0 bridgehead atoms. The maximum Gasteiger partial charge on any atom is 0.241 e. The molecule has 1 aliphatic heterocycles. The standard InChI is InChI=1S/C17H22BrN3O3/c1-24-13-4-5-14(18)15(10-13)19-11-16(22)20-6-8-21(9-7-20)17(23)12-2-3-12/h4-5,10,12,19H,2-3,6-9,11H2,1H3. The molecule has 6 nitrogen and oxygen atoms in total. The lowest BCUT2D eigenvalue weighted by Crippen LogP contribution is -2.52. The van der Waals surface area contributed by atoms with Crippen molar-refractivity contribution in [3.05, 3.63) is 22.7 Å². The molecule has 1 aliphatic carbocycles. The number of amides is 2. The van der Waals surface area contributed by atoms with Crippen molar-refractivity contribution in [3.63, 3.8) is 0 Å². The first-order valence-corrected chi connectivity index (χ1v) is 9.02. The number of hydrogen-bond donors (Lipinski definition) is 1. The van der Waals surface area contributed by atoms with Crippen LogP contribution < -0.4 is 10.1 Å². The second-order valence-electron chi connectivity index (χ2n) is 6.18. The molecule has 1 saturated carbocycles. The maximum atomic E-state index is 12.4. The molecule has 1 heterocycles. The van der Waals surface area contributed by atoms with Crippen molar-refractivity contribution in [2.75, 3.05) is 45.2 Å². The Kier molecular flexibility index (Phi) is 5.28. The van der Waals surface area contributed by atoms with E-state index >= 15 is 0 Å². The van der Waals surface area contributed by atoms with E-state index in [1.54, 1.807) is 7.11 Å². The van der Waals surface area contributed by atoms with E-state index in [4.69, 9.17) is 4.74 Å². The third-order valence-corrected chi connectivity index (χ3v) is 5.17. The highest BCUT2D eigenvalue weighted by molar-refractivity contribution is 9.10. The zero-order chi connectivity index (χ0) is 17.1. The Bertz CT molecular complexity index is 626. The van der Waals surface area contributed by atoms with Crippen LogP contribution in [0.4, 0.5) is 5.69 Å². The molecule has 1 aromatic rings. The number of nitrogens with one attached hydrogen (secondary N) is 1. The number of nitrogens with zero attached hydrogens (tertiary/aromatic N) is 2. The van der Waals surface area contributed by atoms with Gasteiger partial charge in [-0.1, -0.05) is 0 Å². The van der Waals surface area contributed by atoms with Gasteiger partial charge in [-0.3, -0.25) is 9.59 Å². The molecule has 0 spiro atoms. The summed E-state index contributed by atoms with van der Waals surface area (Å²) >= 11 is 3.46. The molecule has 7 heteroatoms. The highest BCUT2D eigenvalue weighted by Crippen LogP contribution is 2.31. The number of piperazine rings is 1. The molecule has 0 radical (unpaired) electrons. The van der Waals surface area contributed by atoms with E-state index in [-0.39, 0.29) is 24.3 Å². The lowest BCUT2D eigenvalue weighted by atomic mass is 10.2. The Morgan fingerprint density at radius 3 is 2.50 bits per heavy atom. The molecule has 0 atom stereocenters. The Balaban J connectivity index is 1.48. The molecule has 2 fully saturated rings. The Morgan fingerprint density at radius 2 is 1.88 bits per heavy atom. The molecule has 0 unspecified atom stereocenters. The summed E-state index contributed by atoms with van der Waals surface area (Å²) in [5.74, 6) is 1.29.